The molecule has 4 rings (SSSR count). The Morgan fingerprint density at radius 3 is 2.67 bits per heavy atom. The number of benzene rings is 2. The zero-order chi connectivity index (χ0) is 19.1. The Balaban J connectivity index is 1.80. The molecule has 1 N–H and O–H groups in total. The lowest BCUT2D eigenvalue weighted by molar-refractivity contribution is -0.122. The van der Waals surface area contributed by atoms with E-state index in [-0.39, 0.29) is 17.9 Å². The quantitative estimate of drug-likeness (QED) is 0.879. The number of hydrogen-bond acceptors (Lipinski definition) is 4. The number of carbonyl (C=O) groups excluding carboxylic acids is 2. The Morgan fingerprint density at radius 1 is 1.11 bits per heavy atom. The van der Waals surface area contributed by atoms with Crippen LogP contribution < -0.4 is 10.1 Å². The highest BCUT2D eigenvalue weighted by molar-refractivity contribution is 6.31. The second kappa shape index (κ2) is 6.87. The monoisotopic (exact) mass is 386 g/mol. The Kier molecular flexibility index (Phi) is 4.53. The van der Waals surface area contributed by atoms with Crippen LogP contribution in [0, 0.1) is 0 Å². The highest BCUT2D eigenvalue weighted by Crippen LogP contribution is 2.36. The maximum absolute atomic E-state index is 13.2. The van der Waals surface area contributed by atoms with Crippen LogP contribution in [0.1, 0.15) is 16.8 Å². The molecule has 2 aliphatic rings. The number of carbonyl (C=O) groups is 2. The third-order valence-corrected chi connectivity index (χ3v) is 5.39. The van der Waals surface area contributed by atoms with Crippen LogP contribution in [0.25, 0.3) is 11.1 Å². The molecule has 0 radical (unpaired) electrons. The minimum atomic E-state index is -0.612. The predicted molar refractivity (Wildman–Crippen MR) is 102 cm³/mol. The van der Waals surface area contributed by atoms with Crippen molar-refractivity contribution in [2.24, 2.45) is 0 Å². The van der Waals surface area contributed by atoms with Crippen molar-refractivity contribution < 1.29 is 19.1 Å². The first-order valence-electron chi connectivity index (χ1n) is 8.66. The zero-order valence-corrected chi connectivity index (χ0v) is 15.7. The molecule has 0 aromatic heterocycles. The SMILES string of the molecule is COc1ccc(Cl)cc1-c1ccc2c(c1)C(=O)N1CCC(OC)C1C(=O)N2. The van der Waals surface area contributed by atoms with Crippen molar-refractivity contribution in [1.82, 2.24) is 4.90 Å². The van der Waals surface area contributed by atoms with E-state index in [0.29, 0.717) is 35.0 Å². The molecule has 27 heavy (non-hydrogen) atoms. The van der Waals surface area contributed by atoms with Gasteiger partial charge in [-0.3, -0.25) is 9.59 Å². The van der Waals surface area contributed by atoms with Crippen molar-refractivity contribution >= 4 is 29.1 Å². The summed E-state index contributed by atoms with van der Waals surface area (Å²) in [5, 5.41) is 3.44. The second-order valence-corrected chi connectivity index (χ2v) is 7.04. The molecule has 7 heteroatoms. The van der Waals surface area contributed by atoms with Crippen LogP contribution in [0.4, 0.5) is 5.69 Å². The number of hydrogen-bond donors (Lipinski definition) is 1. The van der Waals surface area contributed by atoms with Crippen molar-refractivity contribution in [2.45, 2.75) is 18.6 Å². The van der Waals surface area contributed by atoms with E-state index in [1.54, 1.807) is 49.5 Å². The average molecular weight is 387 g/mol. The summed E-state index contributed by atoms with van der Waals surface area (Å²) in [6, 6.07) is 10.1. The zero-order valence-electron chi connectivity index (χ0n) is 15.0. The molecule has 2 aliphatic heterocycles. The van der Waals surface area contributed by atoms with Gasteiger partial charge in [0, 0.05) is 24.2 Å². The molecule has 0 spiro atoms. The van der Waals surface area contributed by atoms with Gasteiger partial charge in [0.25, 0.3) is 5.91 Å². The number of halogens is 1. The van der Waals surface area contributed by atoms with Gasteiger partial charge in [-0.05, 0) is 42.3 Å². The van der Waals surface area contributed by atoms with Crippen molar-refractivity contribution in [3.05, 3.63) is 47.0 Å². The first kappa shape index (κ1) is 17.8. The summed E-state index contributed by atoms with van der Waals surface area (Å²) >= 11 is 6.14. The molecule has 0 saturated carbocycles. The van der Waals surface area contributed by atoms with Gasteiger partial charge in [0.2, 0.25) is 5.91 Å². The molecule has 1 saturated heterocycles. The summed E-state index contributed by atoms with van der Waals surface area (Å²) < 4.78 is 10.8. The van der Waals surface area contributed by atoms with Gasteiger partial charge in [0.05, 0.1) is 24.5 Å². The molecule has 2 aromatic rings. The van der Waals surface area contributed by atoms with Crippen molar-refractivity contribution in [2.75, 3.05) is 26.1 Å². The van der Waals surface area contributed by atoms with Crippen molar-refractivity contribution in [3.63, 3.8) is 0 Å². The number of amides is 2. The van der Waals surface area contributed by atoms with Crippen molar-refractivity contribution in [1.29, 1.82) is 0 Å². The maximum Gasteiger partial charge on any atom is 0.256 e. The lowest BCUT2D eigenvalue weighted by Crippen LogP contribution is -2.46. The summed E-state index contributed by atoms with van der Waals surface area (Å²) in [6.07, 6.45) is 0.341. The molecule has 0 bridgehead atoms. The standard InChI is InChI=1S/C20H19ClN2O4/c1-26-16-6-4-12(21)10-13(16)11-3-5-15-14(9-11)20(25)23-8-7-17(27-2)18(23)19(24)22-15/h3-6,9-10,17-18H,7-8H2,1-2H3,(H,22,24). The largest absolute Gasteiger partial charge is 0.496 e. The summed E-state index contributed by atoms with van der Waals surface area (Å²) in [6.45, 7) is 0.486. The molecule has 2 aromatic carbocycles. The summed E-state index contributed by atoms with van der Waals surface area (Å²) in [5.74, 6) is 0.248. The van der Waals surface area contributed by atoms with E-state index >= 15 is 0 Å². The minimum absolute atomic E-state index is 0.184. The third kappa shape index (κ3) is 2.95. The van der Waals surface area contributed by atoms with Crippen LogP contribution in [0.5, 0.6) is 5.75 Å². The molecule has 0 aliphatic carbocycles. The summed E-state index contributed by atoms with van der Waals surface area (Å²) in [4.78, 5) is 27.4. The Bertz CT molecular complexity index is 930. The van der Waals surface area contributed by atoms with Crippen LogP contribution >= 0.6 is 11.6 Å². The van der Waals surface area contributed by atoms with Crippen molar-refractivity contribution in [3.8, 4) is 16.9 Å². The predicted octanol–water partition coefficient (Wildman–Crippen LogP) is 3.20. The van der Waals surface area contributed by atoms with E-state index in [0.717, 1.165) is 11.1 Å². The van der Waals surface area contributed by atoms with Crippen LogP contribution in [-0.2, 0) is 9.53 Å². The maximum atomic E-state index is 13.2. The molecular formula is C20H19ClN2O4. The van der Waals surface area contributed by atoms with E-state index in [1.807, 2.05) is 6.07 Å². The molecular weight excluding hydrogens is 368 g/mol. The van der Waals surface area contributed by atoms with Crippen LogP contribution in [-0.4, -0.2) is 49.6 Å². The summed E-state index contributed by atoms with van der Waals surface area (Å²) in [7, 11) is 3.15. The topological polar surface area (TPSA) is 67.9 Å². The number of ether oxygens (including phenoxy) is 2. The Morgan fingerprint density at radius 2 is 1.93 bits per heavy atom. The van der Waals surface area contributed by atoms with Gasteiger partial charge in [-0.1, -0.05) is 17.7 Å². The molecule has 2 heterocycles. The molecule has 2 unspecified atom stereocenters. The van der Waals surface area contributed by atoms with E-state index in [9.17, 15) is 9.59 Å². The first-order chi connectivity index (χ1) is 13.0. The normalized spacial score (nSPS) is 21.4. The lowest BCUT2D eigenvalue weighted by atomic mass is 10.0. The fraction of sp³-hybridized carbons (Fsp3) is 0.300. The first-order valence-corrected chi connectivity index (χ1v) is 9.04. The van der Waals surface area contributed by atoms with Crippen LogP contribution in [0.15, 0.2) is 36.4 Å². The second-order valence-electron chi connectivity index (χ2n) is 6.60. The van der Waals surface area contributed by atoms with E-state index < -0.39 is 6.04 Å². The van der Waals surface area contributed by atoms with E-state index in [4.69, 9.17) is 21.1 Å². The number of rotatable bonds is 3. The lowest BCUT2D eigenvalue weighted by Gasteiger charge is -2.23. The average Bonchev–Trinajstić information content (AvgIpc) is 3.08. The molecule has 140 valence electrons. The van der Waals surface area contributed by atoms with E-state index in [2.05, 4.69) is 5.32 Å². The molecule has 6 nitrogen and oxygen atoms in total. The molecule has 1 fully saturated rings. The Labute approximate surface area is 162 Å². The van der Waals surface area contributed by atoms with E-state index in [1.165, 1.54) is 0 Å². The highest BCUT2D eigenvalue weighted by Gasteiger charge is 2.45. The fourth-order valence-electron chi connectivity index (χ4n) is 3.81. The van der Waals surface area contributed by atoms with Gasteiger partial charge in [-0.25, -0.2) is 0 Å². The van der Waals surface area contributed by atoms with Crippen LogP contribution in [0.2, 0.25) is 5.02 Å². The fourth-order valence-corrected chi connectivity index (χ4v) is 3.99. The van der Waals surface area contributed by atoms with Gasteiger partial charge >= 0.3 is 0 Å². The third-order valence-electron chi connectivity index (χ3n) is 5.16. The molecule has 2 atom stereocenters. The van der Waals surface area contributed by atoms with Gasteiger partial charge < -0.3 is 19.7 Å². The van der Waals surface area contributed by atoms with Crippen LogP contribution in [0.3, 0.4) is 0 Å². The Hall–Kier alpha value is -2.57. The molecule has 2 amide bonds. The van der Waals surface area contributed by atoms with Gasteiger partial charge in [0.15, 0.2) is 0 Å². The number of nitrogens with one attached hydrogen (secondary N) is 1. The number of fused-ring (bicyclic) bond motifs is 2. The summed E-state index contributed by atoms with van der Waals surface area (Å²) in [5.41, 5.74) is 2.52. The number of methoxy groups -OCH3 is 2. The minimum Gasteiger partial charge on any atom is -0.496 e. The van der Waals surface area contributed by atoms with Gasteiger partial charge in [0.1, 0.15) is 11.8 Å². The van der Waals surface area contributed by atoms with Gasteiger partial charge in [-0.2, -0.15) is 0 Å². The highest BCUT2D eigenvalue weighted by atomic mass is 35.5. The number of nitrogens with zero attached hydrogens (tertiary/aromatic N) is 1. The number of anilines is 1. The van der Waals surface area contributed by atoms with Gasteiger partial charge in [-0.15, -0.1) is 0 Å². The smallest absolute Gasteiger partial charge is 0.256 e.